The first-order chi connectivity index (χ1) is 13.2. The third-order valence-corrected chi connectivity index (χ3v) is 4.48. The summed E-state index contributed by atoms with van der Waals surface area (Å²) < 4.78 is 24.0. The van der Waals surface area contributed by atoms with Crippen LogP contribution in [0.3, 0.4) is 0 Å². The largest absolute Gasteiger partial charge is 0.484 e. The Balaban J connectivity index is 1.31. The molecule has 0 aliphatic carbocycles. The fourth-order valence-electron chi connectivity index (χ4n) is 3.04. The monoisotopic (exact) mass is 372 g/mol. The van der Waals surface area contributed by atoms with Gasteiger partial charge in [-0.3, -0.25) is 9.69 Å². The molecule has 1 atom stereocenters. The normalized spacial score (nSPS) is 17.4. The summed E-state index contributed by atoms with van der Waals surface area (Å²) in [4.78, 5) is 14.2. The van der Waals surface area contributed by atoms with Crippen LogP contribution in [0.4, 0.5) is 4.39 Å². The van der Waals surface area contributed by atoms with Crippen LogP contribution in [0.25, 0.3) is 0 Å². The Hall–Kier alpha value is -2.44. The third kappa shape index (κ3) is 6.34. The van der Waals surface area contributed by atoms with E-state index in [-0.39, 0.29) is 24.4 Å². The van der Waals surface area contributed by atoms with E-state index in [1.807, 2.05) is 18.2 Å². The van der Waals surface area contributed by atoms with E-state index in [1.54, 1.807) is 0 Å². The number of rotatable bonds is 8. The SMILES string of the molecule is O=C(COc1ccc(F)cc1)NCCCN1CCO[C@H](c2ccccc2)C1. The highest BCUT2D eigenvalue weighted by atomic mass is 19.1. The van der Waals surface area contributed by atoms with Gasteiger partial charge in [-0.25, -0.2) is 4.39 Å². The number of hydrogen-bond donors (Lipinski definition) is 1. The van der Waals surface area contributed by atoms with Gasteiger partial charge in [0.05, 0.1) is 12.7 Å². The van der Waals surface area contributed by atoms with Crippen molar-refractivity contribution < 1.29 is 18.7 Å². The lowest BCUT2D eigenvalue weighted by Crippen LogP contribution is -2.40. The van der Waals surface area contributed by atoms with Crippen molar-refractivity contribution in [2.24, 2.45) is 0 Å². The van der Waals surface area contributed by atoms with Crippen LogP contribution in [0, 0.1) is 5.82 Å². The van der Waals surface area contributed by atoms with E-state index in [0.29, 0.717) is 12.3 Å². The zero-order valence-corrected chi connectivity index (χ0v) is 15.3. The van der Waals surface area contributed by atoms with E-state index in [9.17, 15) is 9.18 Å². The zero-order valence-electron chi connectivity index (χ0n) is 15.3. The highest BCUT2D eigenvalue weighted by Crippen LogP contribution is 2.21. The Bertz CT molecular complexity index is 709. The van der Waals surface area contributed by atoms with Gasteiger partial charge in [0.15, 0.2) is 6.61 Å². The topological polar surface area (TPSA) is 50.8 Å². The molecule has 144 valence electrons. The number of ether oxygens (including phenoxy) is 2. The second-order valence-corrected chi connectivity index (χ2v) is 6.52. The quantitative estimate of drug-likeness (QED) is 0.724. The second kappa shape index (κ2) is 10.0. The van der Waals surface area contributed by atoms with Crippen molar-refractivity contribution in [3.05, 3.63) is 66.0 Å². The predicted molar refractivity (Wildman–Crippen MR) is 101 cm³/mol. The van der Waals surface area contributed by atoms with Crippen molar-refractivity contribution in [1.82, 2.24) is 10.2 Å². The van der Waals surface area contributed by atoms with E-state index in [0.717, 1.165) is 32.7 Å². The van der Waals surface area contributed by atoms with Crippen LogP contribution < -0.4 is 10.1 Å². The van der Waals surface area contributed by atoms with Crippen LogP contribution >= 0.6 is 0 Å². The molecule has 1 N–H and O–H groups in total. The standard InChI is InChI=1S/C21H25FN2O3/c22-18-7-9-19(10-8-18)27-16-21(25)23-11-4-12-24-13-14-26-20(15-24)17-5-2-1-3-6-17/h1-3,5-10,20H,4,11-16H2,(H,23,25)/t20-/m0/s1. The molecule has 1 aliphatic heterocycles. The predicted octanol–water partition coefficient (Wildman–Crippen LogP) is 2.78. The van der Waals surface area contributed by atoms with E-state index in [1.165, 1.54) is 29.8 Å². The van der Waals surface area contributed by atoms with Crippen LogP contribution in [0.2, 0.25) is 0 Å². The minimum absolute atomic E-state index is 0.0702. The van der Waals surface area contributed by atoms with Crippen LogP contribution in [0.1, 0.15) is 18.1 Å². The average molecular weight is 372 g/mol. The Morgan fingerprint density at radius 1 is 1.19 bits per heavy atom. The first-order valence-corrected chi connectivity index (χ1v) is 9.25. The maximum atomic E-state index is 12.8. The van der Waals surface area contributed by atoms with Gasteiger partial charge >= 0.3 is 0 Å². The molecule has 1 heterocycles. The molecule has 1 amide bonds. The van der Waals surface area contributed by atoms with E-state index < -0.39 is 0 Å². The van der Waals surface area contributed by atoms with Gasteiger partial charge < -0.3 is 14.8 Å². The lowest BCUT2D eigenvalue weighted by Gasteiger charge is -2.33. The van der Waals surface area contributed by atoms with Crippen molar-refractivity contribution >= 4 is 5.91 Å². The molecule has 0 radical (unpaired) electrons. The molecule has 2 aromatic rings. The lowest BCUT2D eigenvalue weighted by molar-refractivity contribution is -0.123. The van der Waals surface area contributed by atoms with Crippen molar-refractivity contribution in [2.45, 2.75) is 12.5 Å². The molecule has 0 saturated carbocycles. The van der Waals surface area contributed by atoms with Crippen molar-refractivity contribution in [3.8, 4) is 5.75 Å². The summed E-state index contributed by atoms with van der Waals surface area (Å²) in [6.45, 7) is 3.93. The zero-order chi connectivity index (χ0) is 18.9. The van der Waals surface area contributed by atoms with Gasteiger partial charge in [-0.2, -0.15) is 0 Å². The minimum Gasteiger partial charge on any atom is -0.484 e. The fraction of sp³-hybridized carbons (Fsp3) is 0.381. The Kier molecular flexibility index (Phi) is 7.19. The maximum Gasteiger partial charge on any atom is 0.257 e. The van der Waals surface area contributed by atoms with Crippen LogP contribution in [0.5, 0.6) is 5.75 Å². The van der Waals surface area contributed by atoms with Crippen LogP contribution in [0.15, 0.2) is 54.6 Å². The smallest absolute Gasteiger partial charge is 0.257 e. The summed E-state index contributed by atoms with van der Waals surface area (Å²) in [5.74, 6) is -0.0281. The summed E-state index contributed by atoms with van der Waals surface area (Å²) in [7, 11) is 0. The Morgan fingerprint density at radius 2 is 1.96 bits per heavy atom. The van der Waals surface area contributed by atoms with Gasteiger partial charge in [-0.05, 0) is 36.2 Å². The number of carbonyl (C=O) groups is 1. The molecule has 5 nitrogen and oxygen atoms in total. The number of nitrogens with one attached hydrogen (secondary N) is 1. The van der Waals surface area contributed by atoms with Gasteiger partial charge in [-0.1, -0.05) is 30.3 Å². The van der Waals surface area contributed by atoms with Crippen LogP contribution in [-0.4, -0.2) is 50.2 Å². The maximum absolute atomic E-state index is 12.8. The van der Waals surface area contributed by atoms with Gasteiger partial charge in [0.2, 0.25) is 0 Å². The molecule has 0 aromatic heterocycles. The number of halogens is 1. The number of morpholine rings is 1. The first-order valence-electron chi connectivity index (χ1n) is 9.25. The molecule has 2 aromatic carbocycles. The molecule has 1 fully saturated rings. The van der Waals surface area contributed by atoms with Crippen LogP contribution in [-0.2, 0) is 9.53 Å². The molecule has 3 rings (SSSR count). The van der Waals surface area contributed by atoms with Crippen molar-refractivity contribution in [3.63, 3.8) is 0 Å². The number of nitrogens with zero attached hydrogens (tertiary/aromatic N) is 1. The second-order valence-electron chi connectivity index (χ2n) is 6.52. The van der Waals surface area contributed by atoms with Gasteiger partial charge in [-0.15, -0.1) is 0 Å². The summed E-state index contributed by atoms with van der Waals surface area (Å²) in [5, 5.41) is 2.85. The lowest BCUT2D eigenvalue weighted by atomic mass is 10.1. The van der Waals surface area contributed by atoms with Gasteiger partial charge in [0.1, 0.15) is 11.6 Å². The molecular weight excluding hydrogens is 347 g/mol. The van der Waals surface area contributed by atoms with Crippen molar-refractivity contribution in [2.75, 3.05) is 39.4 Å². The van der Waals surface area contributed by atoms with Crippen molar-refractivity contribution in [1.29, 1.82) is 0 Å². The van der Waals surface area contributed by atoms with Gasteiger partial charge in [0.25, 0.3) is 5.91 Å². The summed E-state index contributed by atoms with van der Waals surface area (Å²) >= 11 is 0. The molecule has 1 aliphatic rings. The van der Waals surface area contributed by atoms with Gasteiger partial charge in [0, 0.05) is 26.2 Å². The average Bonchev–Trinajstić information content (AvgIpc) is 2.72. The number of amides is 1. The third-order valence-electron chi connectivity index (χ3n) is 4.48. The fourth-order valence-corrected chi connectivity index (χ4v) is 3.04. The molecule has 27 heavy (non-hydrogen) atoms. The Morgan fingerprint density at radius 3 is 2.74 bits per heavy atom. The molecule has 6 heteroatoms. The van der Waals surface area contributed by atoms with E-state index in [4.69, 9.17) is 9.47 Å². The number of hydrogen-bond acceptors (Lipinski definition) is 4. The highest BCUT2D eigenvalue weighted by molar-refractivity contribution is 5.77. The summed E-state index contributed by atoms with van der Waals surface area (Å²) in [5.41, 5.74) is 1.20. The minimum atomic E-state index is -0.329. The Labute approximate surface area is 159 Å². The number of carbonyl (C=O) groups excluding carboxylic acids is 1. The number of benzene rings is 2. The molecule has 0 bridgehead atoms. The molecule has 0 spiro atoms. The highest BCUT2D eigenvalue weighted by Gasteiger charge is 2.21. The molecule has 1 saturated heterocycles. The van der Waals surface area contributed by atoms with E-state index >= 15 is 0 Å². The molecular formula is C21H25FN2O3. The molecule has 0 unspecified atom stereocenters. The first kappa shape index (κ1) is 19.3. The van der Waals surface area contributed by atoms with E-state index in [2.05, 4.69) is 22.3 Å². The summed E-state index contributed by atoms with van der Waals surface area (Å²) in [6.07, 6.45) is 0.975. The summed E-state index contributed by atoms with van der Waals surface area (Å²) in [6, 6.07) is 15.9.